The van der Waals surface area contributed by atoms with E-state index in [9.17, 15) is 20.4 Å². The van der Waals surface area contributed by atoms with Gasteiger partial charge in [-0.2, -0.15) is 0 Å². The van der Waals surface area contributed by atoms with Crippen molar-refractivity contribution >= 4 is 0 Å². The van der Waals surface area contributed by atoms with E-state index < -0.39 is 23.4 Å². The molecule has 5 aliphatic carbocycles. The van der Waals surface area contributed by atoms with Gasteiger partial charge < -0.3 is 25.2 Å². The van der Waals surface area contributed by atoms with Gasteiger partial charge in [0.15, 0.2) is 0 Å². The van der Waals surface area contributed by atoms with Gasteiger partial charge in [0, 0.05) is 5.92 Å². The van der Waals surface area contributed by atoms with Crippen LogP contribution in [0.4, 0.5) is 0 Å². The van der Waals surface area contributed by atoms with Gasteiger partial charge in [-0.3, -0.25) is 0 Å². The van der Waals surface area contributed by atoms with Gasteiger partial charge in [-0.15, -0.1) is 0 Å². The van der Waals surface area contributed by atoms with Crippen molar-refractivity contribution in [2.24, 2.45) is 44.8 Å². The molecule has 0 unspecified atom stereocenters. The molecule has 1 saturated heterocycles. The second kappa shape index (κ2) is 6.86. The van der Waals surface area contributed by atoms with E-state index in [2.05, 4.69) is 34.6 Å². The van der Waals surface area contributed by atoms with Gasteiger partial charge in [-0.25, -0.2) is 0 Å². The zero-order valence-corrected chi connectivity index (χ0v) is 23.1. The maximum atomic E-state index is 11.9. The number of hydrogen-bond acceptors (Lipinski definition) is 5. The van der Waals surface area contributed by atoms with Gasteiger partial charge in [0.05, 0.1) is 35.6 Å². The quantitative estimate of drug-likeness (QED) is 0.460. The van der Waals surface area contributed by atoms with Crippen LogP contribution < -0.4 is 0 Å². The van der Waals surface area contributed by atoms with Gasteiger partial charge in [-0.05, 0) is 117 Å². The molecule has 1 heterocycles. The van der Waals surface area contributed by atoms with Gasteiger partial charge in [0.1, 0.15) is 0 Å². The molecule has 0 bridgehead atoms. The highest BCUT2D eigenvalue weighted by atomic mass is 16.5. The molecule has 6 rings (SSSR count). The van der Waals surface area contributed by atoms with Crippen LogP contribution in [0.3, 0.4) is 0 Å². The smallest absolute Gasteiger partial charge is 0.0865 e. The Morgan fingerprint density at radius 2 is 1.46 bits per heavy atom. The molecule has 6 fully saturated rings. The first kappa shape index (κ1) is 25.1. The predicted molar refractivity (Wildman–Crippen MR) is 134 cm³/mol. The predicted octanol–water partition coefficient (Wildman–Crippen LogP) is 4.44. The van der Waals surface area contributed by atoms with Crippen LogP contribution in [0.15, 0.2) is 0 Å². The third-order valence-corrected chi connectivity index (χ3v) is 13.8. The number of rotatable bonds is 2. The topological polar surface area (TPSA) is 90.2 Å². The summed E-state index contributed by atoms with van der Waals surface area (Å²) in [6.07, 6.45) is 7.11. The van der Waals surface area contributed by atoms with Crippen LogP contribution in [0.5, 0.6) is 0 Å². The normalized spacial score (nSPS) is 60.9. The standard InChI is InChI=1S/C30H50O5/c1-24(2)19-14-17(31)23-27(6)15-18(32)22(28(7)10-9-21(35-28)25(3,4)34)26(27,5)12-13-30(23)16-29(19,30)11-8-20(24)33/h17-23,31-34H,8-16H2,1-7H3/t17-,18+,19+,20+,21-,22+,23+,26-,27+,28+,29-,30+/m1/s1. The highest BCUT2D eigenvalue weighted by molar-refractivity contribution is 5.33. The van der Waals surface area contributed by atoms with Crippen LogP contribution in [0.25, 0.3) is 0 Å². The monoisotopic (exact) mass is 490 g/mol. The van der Waals surface area contributed by atoms with E-state index in [4.69, 9.17) is 4.74 Å². The van der Waals surface area contributed by atoms with E-state index in [0.717, 1.165) is 51.4 Å². The lowest BCUT2D eigenvalue weighted by Gasteiger charge is -2.64. The van der Waals surface area contributed by atoms with Crippen LogP contribution in [-0.4, -0.2) is 56.0 Å². The van der Waals surface area contributed by atoms with Crippen molar-refractivity contribution in [2.45, 2.75) is 142 Å². The van der Waals surface area contributed by atoms with Crippen molar-refractivity contribution in [1.82, 2.24) is 0 Å². The van der Waals surface area contributed by atoms with Crippen molar-refractivity contribution in [3.8, 4) is 0 Å². The van der Waals surface area contributed by atoms with Gasteiger partial charge in [-0.1, -0.05) is 27.7 Å². The van der Waals surface area contributed by atoms with Crippen LogP contribution in [0.1, 0.15) is 106 Å². The average molecular weight is 491 g/mol. The second-order valence-electron chi connectivity index (χ2n) is 15.9. The van der Waals surface area contributed by atoms with E-state index >= 15 is 0 Å². The van der Waals surface area contributed by atoms with Crippen molar-refractivity contribution in [3.63, 3.8) is 0 Å². The summed E-state index contributed by atoms with van der Waals surface area (Å²) in [5.41, 5.74) is -1.44. The Labute approximate surface area is 212 Å². The fourth-order valence-electron chi connectivity index (χ4n) is 12.1. The van der Waals surface area contributed by atoms with Crippen LogP contribution >= 0.6 is 0 Å². The third-order valence-electron chi connectivity index (χ3n) is 13.8. The summed E-state index contributed by atoms with van der Waals surface area (Å²) in [5, 5.41) is 45.2. The molecule has 0 aromatic rings. The molecular formula is C30H50O5. The molecule has 1 aliphatic heterocycles. The second-order valence-corrected chi connectivity index (χ2v) is 15.9. The third kappa shape index (κ3) is 2.78. The Morgan fingerprint density at radius 3 is 2.09 bits per heavy atom. The van der Waals surface area contributed by atoms with Crippen molar-refractivity contribution < 1.29 is 25.2 Å². The number of fused-ring (bicyclic) bond motifs is 2. The molecule has 5 nitrogen and oxygen atoms in total. The Morgan fingerprint density at radius 1 is 0.771 bits per heavy atom. The van der Waals surface area contributed by atoms with Gasteiger partial charge in [0.25, 0.3) is 0 Å². The van der Waals surface area contributed by atoms with E-state index in [-0.39, 0.29) is 51.1 Å². The molecule has 6 aliphatic rings. The molecular weight excluding hydrogens is 440 g/mol. The maximum absolute atomic E-state index is 11.9. The van der Waals surface area contributed by atoms with Crippen molar-refractivity contribution in [3.05, 3.63) is 0 Å². The molecule has 0 amide bonds. The number of hydrogen-bond donors (Lipinski definition) is 4. The Hall–Kier alpha value is -0.200. The Balaban J connectivity index is 1.37. The maximum Gasteiger partial charge on any atom is 0.0865 e. The van der Waals surface area contributed by atoms with Gasteiger partial charge in [0.2, 0.25) is 0 Å². The van der Waals surface area contributed by atoms with Crippen LogP contribution in [-0.2, 0) is 4.74 Å². The lowest BCUT2D eigenvalue weighted by Crippen LogP contribution is -2.62. The summed E-state index contributed by atoms with van der Waals surface area (Å²) >= 11 is 0. The summed E-state index contributed by atoms with van der Waals surface area (Å²) in [4.78, 5) is 0. The van der Waals surface area contributed by atoms with Crippen molar-refractivity contribution in [1.29, 1.82) is 0 Å². The first-order valence-corrected chi connectivity index (χ1v) is 14.4. The fourth-order valence-corrected chi connectivity index (χ4v) is 12.1. The molecule has 200 valence electrons. The highest BCUT2D eigenvalue weighted by Crippen LogP contribution is 2.89. The minimum atomic E-state index is -0.893. The zero-order valence-electron chi connectivity index (χ0n) is 23.1. The minimum absolute atomic E-state index is 0.00561. The molecule has 5 saturated carbocycles. The summed E-state index contributed by atoms with van der Waals surface area (Å²) in [6.45, 7) is 15.0. The Kier molecular flexibility index (Phi) is 4.92. The molecule has 0 aromatic carbocycles. The van der Waals surface area contributed by atoms with Gasteiger partial charge >= 0.3 is 0 Å². The summed E-state index contributed by atoms with van der Waals surface area (Å²) in [7, 11) is 0. The number of ether oxygens (including phenoxy) is 1. The molecule has 2 spiro atoms. The molecule has 0 aromatic heterocycles. The summed E-state index contributed by atoms with van der Waals surface area (Å²) in [5.74, 6) is 0.544. The Bertz CT molecular complexity index is 911. The minimum Gasteiger partial charge on any atom is -0.393 e. The summed E-state index contributed by atoms with van der Waals surface area (Å²) < 4.78 is 6.65. The molecule has 12 atom stereocenters. The van der Waals surface area contributed by atoms with Crippen LogP contribution in [0.2, 0.25) is 0 Å². The van der Waals surface area contributed by atoms with Crippen molar-refractivity contribution in [2.75, 3.05) is 0 Å². The molecule has 35 heavy (non-hydrogen) atoms. The largest absolute Gasteiger partial charge is 0.393 e. The lowest BCUT2D eigenvalue weighted by atomic mass is 9.41. The van der Waals surface area contributed by atoms with E-state index in [1.165, 1.54) is 6.42 Å². The number of aliphatic hydroxyl groups excluding tert-OH is 3. The first-order valence-electron chi connectivity index (χ1n) is 14.4. The number of aliphatic hydroxyl groups is 4. The zero-order chi connectivity index (χ0) is 25.6. The van der Waals surface area contributed by atoms with Crippen LogP contribution in [0, 0.1) is 44.8 Å². The summed E-state index contributed by atoms with van der Waals surface area (Å²) in [6, 6.07) is 0. The molecule has 5 heteroatoms. The molecule has 4 N–H and O–H groups in total. The first-order chi connectivity index (χ1) is 16.0. The molecule has 0 radical (unpaired) electrons. The average Bonchev–Trinajstić information content (AvgIpc) is 3.08. The van der Waals surface area contributed by atoms with E-state index in [0.29, 0.717) is 5.92 Å². The van der Waals surface area contributed by atoms with E-state index in [1.54, 1.807) is 0 Å². The highest BCUT2D eigenvalue weighted by Gasteiger charge is 2.85. The fraction of sp³-hybridized carbons (Fsp3) is 1.00. The SMILES string of the molecule is CC(C)(O)[C@H]1CC[C@@](C)([C@H]2[C@@H](O)C[C@@]3(C)[C@@H]4[C@H](O)C[C@H]5C(C)(C)[C@@H](O)CC[C@@]56C[C@@]46CC[C@]23C)O1. The van der Waals surface area contributed by atoms with E-state index in [1.807, 2.05) is 13.8 Å². The lowest BCUT2D eigenvalue weighted by molar-refractivity contribution is -0.217.